The molecule has 268 valence electrons. The van der Waals surface area contributed by atoms with Gasteiger partial charge in [0.15, 0.2) is 34.6 Å². The molecule has 51 heavy (non-hydrogen) atoms. The van der Waals surface area contributed by atoms with Crippen LogP contribution in [-0.2, 0) is 12.8 Å². The molecule has 2 aromatic heterocycles. The van der Waals surface area contributed by atoms with Crippen LogP contribution in [0.1, 0.15) is 31.8 Å². The third-order valence-electron chi connectivity index (χ3n) is 6.83. The average molecular weight is 776 g/mol. The number of methoxy groups -OCH3 is 2. The Morgan fingerprint density at radius 3 is 1.43 bits per heavy atom. The van der Waals surface area contributed by atoms with E-state index in [4.69, 9.17) is 70.1 Å². The van der Waals surface area contributed by atoms with Gasteiger partial charge < -0.3 is 28.8 Å². The molecule has 4 rings (SSSR count). The lowest BCUT2D eigenvalue weighted by molar-refractivity contribution is 0.0980. The van der Waals surface area contributed by atoms with Crippen molar-refractivity contribution in [3.05, 3.63) is 129 Å². The molecule has 0 saturated heterocycles. The van der Waals surface area contributed by atoms with Gasteiger partial charge in [0.05, 0.1) is 45.4 Å². The molecule has 0 aliphatic heterocycles. The van der Waals surface area contributed by atoms with Crippen molar-refractivity contribution in [1.29, 1.82) is 0 Å². The SMILES string of the molecule is C=CCOc1c(OC)ccc(C(=O)Cc2c(Cl)cncc2Cl)c1O.C=CCOc1c(OC)ccc(C(=O)Cc2c(Cl)cncc2Cl)c1OCC=C. The molecule has 0 atom stereocenters. The minimum atomic E-state index is -0.367. The predicted octanol–water partition coefficient (Wildman–Crippen LogP) is 9.04. The van der Waals surface area contributed by atoms with Crippen molar-refractivity contribution < 1.29 is 38.4 Å². The molecule has 10 nitrogen and oxygen atoms in total. The van der Waals surface area contributed by atoms with E-state index in [1.54, 1.807) is 30.4 Å². The standard InChI is InChI=1S/C20H19Cl2NO4.C17H15Cl2NO4/c1-4-8-26-19-13(6-7-18(25-3)20(19)27-9-5-2)17(24)10-14-15(21)11-23-12-16(14)22;1-3-6-24-17-15(23-2)5-4-10(16(17)22)14(21)7-11-12(18)8-20-9-13(11)19/h4-7,11-12H,1-2,8-10H2,3H3;3-5,8-9,22H,1,6-7H2,2H3. The van der Waals surface area contributed by atoms with Gasteiger partial charge in [-0.3, -0.25) is 19.6 Å². The molecule has 0 spiro atoms. The van der Waals surface area contributed by atoms with Gasteiger partial charge in [0.2, 0.25) is 11.5 Å². The Morgan fingerprint density at radius 1 is 0.627 bits per heavy atom. The highest BCUT2D eigenvalue weighted by atomic mass is 35.5. The minimum absolute atomic E-state index is 0.0160. The summed E-state index contributed by atoms with van der Waals surface area (Å²) in [6.45, 7) is 11.4. The van der Waals surface area contributed by atoms with Gasteiger partial charge in [-0.25, -0.2) is 0 Å². The lowest BCUT2D eigenvalue weighted by Gasteiger charge is -2.17. The summed E-state index contributed by atoms with van der Waals surface area (Å²) in [7, 11) is 2.94. The zero-order valence-corrected chi connectivity index (χ0v) is 30.7. The second-order valence-corrected chi connectivity index (χ2v) is 11.8. The van der Waals surface area contributed by atoms with Crippen molar-refractivity contribution >= 4 is 58.0 Å². The Labute approximate surface area is 315 Å². The number of phenolic OH excluding ortho intramolecular Hbond substituents is 1. The van der Waals surface area contributed by atoms with E-state index in [2.05, 4.69) is 29.7 Å². The molecular weight excluding hydrogens is 742 g/mol. The second kappa shape index (κ2) is 20.2. The third-order valence-corrected chi connectivity index (χ3v) is 8.13. The number of carbonyl (C=O) groups excluding carboxylic acids is 2. The summed E-state index contributed by atoms with van der Waals surface area (Å²) in [5.74, 6) is 0.499. The van der Waals surface area contributed by atoms with Crippen LogP contribution < -0.4 is 23.7 Å². The number of benzene rings is 2. The Morgan fingerprint density at radius 2 is 1.00 bits per heavy atom. The van der Waals surface area contributed by atoms with E-state index in [0.29, 0.717) is 44.0 Å². The van der Waals surface area contributed by atoms with E-state index in [0.717, 1.165) is 0 Å². The number of ether oxygens (including phenoxy) is 5. The molecule has 2 aromatic carbocycles. The van der Waals surface area contributed by atoms with Crippen LogP contribution in [0.4, 0.5) is 0 Å². The number of aromatic hydroxyl groups is 1. The molecule has 0 unspecified atom stereocenters. The number of ketones is 2. The van der Waals surface area contributed by atoms with Gasteiger partial charge in [-0.2, -0.15) is 0 Å². The molecular formula is C37H34Cl4N2O8. The second-order valence-electron chi connectivity index (χ2n) is 10.1. The Kier molecular flexibility index (Phi) is 16.1. The first-order valence-corrected chi connectivity index (χ1v) is 16.5. The molecule has 0 aliphatic carbocycles. The van der Waals surface area contributed by atoms with Crippen LogP contribution in [-0.4, -0.2) is 60.7 Å². The van der Waals surface area contributed by atoms with Gasteiger partial charge in [-0.1, -0.05) is 84.4 Å². The molecule has 2 heterocycles. The van der Waals surface area contributed by atoms with E-state index in [-0.39, 0.29) is 77.1 Å². The Bertz CT molecular complexity index is 1860. The van der Waals surface area contributed by atoms with Crippen molar-refractivity contribution in [2.75, 3.05) is 34.0 Å². The zero-order chi connectivity index (χ0) is 37.5. The lowest BCUT2D eigenvalue weighted by atomic mass is 10.0. The first-order valence-electron chi connectivity index (χ1n) is 15.0. The fraction of sp³-hybridized carbons (Fsp3) is 0.189. The summed E-state index contributed by atoms with van der Waals surface area (Å²) in [5.41, 5.74) is 1.35. The van der Waals surface area contributed by atoms with Gasteiger partial charge in [0.1, 0.15) is 19.8 Å². The zero-order valence-electron chi connectivity index (χ0n) is 27.7. The van der Waals surface area contributed by atoms with Gasteiger partial charge in [0.25, 0.3) is 0 Å². The van der Waals surface area contributed by atoms with Crippen LogP contribution in [0.3, 0.4) is 0 Å². The largest absolute Gasteiger partial charge is 0.504 e. The minimum Gasteiger partial charge on any atom is -0.504 e. The van der Waals surface area contributed by atoms with Crippen molar-refractivity contribution in [2.24, 2.45) is 0 Å². The number of carbonyl (C=O) groups is 2. The van der Waals surface area contributed by atoms with Crippen molar-refractivity contribution in [3.8, 4) is 34.5 Å². The molecule has 14 heteroatoms. The number of phenols is 1. The fourth-order valence-corrected chi connectivity index (χ4v) is 5.43. The topological polar surface area (TPSA) is 126 Å². The van der Waals surface area contributed by atoms with E-state index in [1.807, 2.05) is 0 Å². The van der Waals surface area contributed by atoms with Gasteiger partial charge in [-0.05, 0) is 24.3 Å². The number of halogens is 4. The van der Waals surface area contributed by atoms with Gasteiger partial charge >= 0.3 is 0 Å². The van der Waals surface area contributed by atoms with E-state index >= 15 is 0 Å². The van der Waals surface area contributed by atoms with Crippen LogP contribution >= 0.6 is 46.4 Å². The number of pyridine rings is 2. The summed E-state index contributed by atoms with van der Waals surface area (Å²) >= 11 is 24.3. The van der Waals surface area contributed by atoms with Crippen LogP contribution in [0.25, 0.3) is 0 Å². The first kappa shape index (κ1) is 40.7. The summed E-state index contributed by atoms with van der Waals surface area (Å²) < 4.78 is 27.2. The summed E-state index contributed by atoms with van der Waals surface area (Å²) in [6.07, 6.45) is 10.3. The predicted molar refractivity (Wildman–Crippen MR) is 199 cm³/mol. The van der Waals surface area contributed by atoms with Crippen molar-refractivity contribution in [3.63, 3.8) is 0 Å². The Balaban J connectivity index is 0.000000277. The number of rotatable bonds is 17. The van der Waals surface area contributed by atoms with Gasteiger partial charge in [-0.15, -0.1) is 0 Å². The molecule has 0 radical (unpaired) electrons. The van der Waals surface area contributed by atoms with Crippen LogP contribution in [0.2, 0.25) is 20.1 Å². The summed E-state index contributed by atoms with van der Waals surface area (Å²) in [4.78, 5) is 33.3. The van der Waals surface area contributed by atoms with E-state index < -0.39 is 0 Å². The molecule has 1 N–H and O–H groups in total. The monoisotopic (exact) mass is 774 g/mol. The summed E-state index contributed by atoms with van der Waals surface area (Å²) in [6, 6.07) is 6.26. The van der Waals surface area contributed by atoms with E-state index in [1.165, 1.54) is 51.1 Å². The highest BCUT2D eigenvalue weighted by Crippen LogP contribution is 2.42. The average Bonchev–Trinajstić information content (AvgIpc) is 3.12. The number of hydrogen-bond donors (Lipinski definition) is 1. The quantitative estimate of drug-likeness (QED) is 0.0820. The maximum atomic E-state index is 13.0. The van der Waals surface area contributed by atoms with Crippen molar-refractivity contribution in [1.82, 2.24) is 9.97 Å². The highest BCUT2D eigenvalue weighted by Gasteiger charge is 2.24. The first-order chi connectivity index (χ1) is 24.5. The molecule has 0 bridgehead atoms. The summed E-state index contributed by atoms with van der Waals surface area (Å²) in [5, 5.41) is 11.6. The van der Waals surface area contributed by atoms with Crippen molar-refractivity contribution in [2.45, 2.75) is 12.8 Å². The maximum Gasteiger partial charge on any atom is 0.204 e. The van der Waals surface area contributed by atoms with E-state index in [9.17, 15) is 14.7 Å². The van der Waals surface area contributed by atoms with Crippen LogP contribution in [0.15, 0.2) is 87.0 Å². The molecule has 4 aromatic rings. The number of hydrogen-bond acceptors (Lipinski definition) is 10. The molecule has 0 fully saturated rings. The maximum absolute atomic E-state index is 13.0. The molecule has 0 aliphatic rings. The molecule has 0 saturated carbocycles. The smallest absolute Gasteiger partial charge is 0.204 e. The molecule has 0 amide bonds. The van der Waals surface area contributed by atoms with Gasteiger partial charge in [0, 0.05) is 48.8 Å². The number of Topliss-reactive ketones (excluding diaryl/α,β-unsaturated/α-hetero) is 2. The Hall–Kier alpha value is -4.74. The number of aromatic nitrogens is 2. The fourth-order valence-electron chi connectivity index (χ4n) is 4.43. The normalized spacial score (nSPS) is 10.2. The van der Waals surface area contributed by atoms with Crippen LogP contribution in [0, 0.1) is 0 Å². The van der Waals surface area contributed by atoms with Crippen LogP contribution in [0.5, 0.6) is 34.5 Å². The highest BCUT2D eigenvalue weighted by molar-refractivity contribution is 6.36. The lowest BCUT2D eigenvalue weighted by Crippen LogP contribution is -2.10. The third kappa shape index (κ3) is 10.6. The number of nitrogens with zero attached hydrogens (tertiary/aromatic N) is 2.